The van der Waals surface area contributed by atoms with Crippen LogP contribution in [-0.2, 0) is 24.3 Å². The predicted molar refractivity (Wildman–Crippen MR) is 178 cm³/mol. The lowest BCUT2D eigenvalue weighted by atomic mass is 10.0. The number of nitrogens with one attached hydrogen (secondary N) is 4. The lowest BCUT2D eigenvalue weighted by Gasteiger charge is -2.18. The molecule has 12 nitrogen and oxygen atoms in total. The van der Waals surface area contributed by atoms with Gasteiger partial charge in [0.2, 0.25) is 17.8 Å². The molecule has 1 aromatic heterocycles. The minimum absolute atomic E-state index is 0.0263. The number of fused-ring (bicyclic) bond motifs is 11. The molecule has 0 aliphatic carbocycles. The van der Waals surface area contributed by atoms with Gasteiger partial charge in [0.05, 0.1) is 18.8 Å². The first-order chi connectivity index (χ1) is 24.2. The number of nitrogens with zero attached hydrogens (tertiary/aromatic N) is 3. The van der Waals surface area contributed by atoms with E-state index in [-0.39, 0.29) is 35.7 Å². The average molecular weight is 692 g/mol. The molecule has 6 bridgehead atoms. The van der Waals surface area contributed by atoms with Gasteiger partial charge in [0.1, 0.15) is 17.5 Å². The van der Waals surface area contributed by atoms with Gasteiger partial charge in [-0.05, 0) is 66.6 Å². The first-order valence-electron chi connectivity index (χ1n) is 16.3. The van der Waals surface area contributed by atoms with E-state index < -0.39 is 30.7 Å². The van der Waals surface area contributed by atoms with Crippen LogP contribution in [0.3, 0.4) is 0 Å². The lowest BCUT2D eigenvalue weighted by Crippen LogP contribution is -2.46. The molecule has 4 heterocycles. The Labute approximate surface area is 286 Å². The van der Waals surface area contributed by atoms with Gasteiger partial charge in [0, 0.05) is 31.3 Å². The minimum atomic E-state index is -4.61. The van der Waals surface area contributed by atoms with Gasteiger partial charge < -0.3 is 35.5 Å². The molecular formula is C35H36F3N7O5. The highest BCUT2D eigenvalue weighted by Crippen LogP contribution is 2.28. The molecule has 3 aromatic carbocycles. The molecule has 1 unspecified atom stereocenters. The molecule has 3 aliphatic heterocycles. The zero-order valence-corrected chi connectivity index (χ0v) is 27.0. The second-order valence-electron chi connectivity index (χ2n) is 11.8. The number of amides is 2. The summed E-state index contributed by atoms with van der Waals surface area (Å²) in [6, 6.07) is 18.4. The molecule has 0 saturated carbocycles. The zero-order valence-electron chi connectivity index (χ0n) is 27.0. The summed E-state index contributed by atoms with van der Waals surface area (Å²) >= 11 is 0. The maximum absolute atomic E-state index is 13.6. The van der Waals surface area contributed by atoms with Crippen molar-refractivity contribution < 1.29 is 37.0 Å². The highest BCUT2D eigenvalue weighted by molar-refractivity contribution is 6.00. The van der Waals surface area contributed by atoms with Crippen molar-refractivity contribution in [3.63, 3.8) is 0 Å². The minimum Gasteiger partial charge on any atom is -0.494 e. The summed E-state index contributed by atoms with van der Waals surface area (Å²) in [5, 5.41) is 11.7. The average Bonchev–Trinajstić information content (AvgIpc) is 3.25. The number of alkyl halides is 3. The van der Waals surface area contributed by atoms with Crippen LogP contribution < -0.4 is 35.5 Å². The molecule has 0 saturated heterocycles. The second-order valence-corrected chi connectivity index (χ2v) is 11.8. The highest BCUT2D eigenvalue weighted by atomic mass is 19.4. The van der Waals surface area contributed by atoms with Crippen LogP contribution in [0.25, 0.3) is 0 Å². The van der Waals surface area contributed by atoms with Crippen LogP contribution in [-0.4, -0.2) is 58.8 Å². The fourth-order valence-corrected chi connectivity index (χ4v) is 5.45. The van der Waals surface area contributed by atoms with Gasteiger partial charge >= 0.3 is 12.2 Å². The SMILES string of the molecule is O=C(NC1Cc2ccccc2CNC1=O)c1ccc2cc1OCCCCCCOc1ccc(cc1)CNc1nc(nc(OCC(F)(F)F)n1)N2. The first-order valence-corrected chi connectivity index (χ1v) is 16.3. The first kappa shape index (κ1) is 34.3. The Bertz CT molecular complexity index is 1810. The van der Waals surface area contributed by atoms with Gasteiger partial charge in [-0.15, -0.1) is 0 Å². The van der Waals surface area contributed by atoms with E-state index in [0.717, 1.165) is 36.0 Å². The Hall–Kier alpha value is -5.60. The number of carbonyl (C=O) groups is 2. The predicted octanol–water partition coefficient (Wildman–Crippen LogP) is 5.47. The summed E-state index contributed by atoms with van der Waals surface area (Å²) < 4.78 is 55.7. The van der Waals surface area contributed by atoms with Crippen molar-refractivity contribution in [1.29, 1.82) is 0 Å². The number of benzene rings is 3. The zero-order chi connectivity index (χ0) is 34.9. The monoisotopic (exact) mass is 691 g/mol. The van der Waals surface area contributed by atoms with Gasteiger partial charge in [-0.3, -0.25) is 9.59 Å². The summed E-state index contributed by atoms with van der Waals surface area (Å²) in [5.74, 6) is 0.0171. The Balaban J connectivity index is 1.26. The van der Waals surface area contributed by atoms with E-state index in [1.807, 2.05) is 48.5 Å². The Kier molecular flexibility index (Phi) is 10.8. The van der Waals surface area contributed by atoms with Crippen molar-refractivity contribution in [3.05, 3.63) is 89.0 Å². The van der Waals surface area contributed by atoms with Gasteiger partial charge in [0.15, 0.2) is 6.61 Å². The summed E-state index contributed by atoms with van der Waals surface area (Å²) in [4.78, 5) is 38.9. The number of aromatic nitrogens is 3. The fraction of sp³-hybridized carbons (Fsp3) is 0.343. The van der Waals surface area contributed by atoms with E-state index in [0.29, 0.717) is 44.0 Å². The largest absolute Gasteiger partial charge is 0.494 e. The van der Waals surface area contributed by atoms with E-state index in [1.54, 1.807) is 12.1 Å². The molecule has 50 heavy (non-hydrogen) atoms. The molecule has 4 N–H and O–H groups in total. The number of hydrogen-bond donors (Lipinski definition) is 4. The number of carbonyl (C=O) groups excluding carboxylic acids is 2. The summed E-state index contributed by atoms with van der Waals surface area (Å²) in [5.41, 5.74) is 3.39. The van der Waals surface area contributed by atoms with Gasteiger partial charge in [-0.2, -0.15) is 28.1 Å². The summed E-state index contributed by atoms with van der Waals surface area (Å²) in [6.45, 7) is -0.118. The molecule has 15 heteroatoms. The molecule has 1 atom stereocenters. The second kappa shape index (κ2) is 15.7. The molecule has 0 fully saturated rings. The van der Waals surface area contributed by atoms with Crippen molar-refractivity contribution in [2.75, 3.05) is 30.5 Å². The van der Waals surface area contributed by atoms with Crippen LogP contribution in [0.15, 0.2) is 66.7 Å². The van der Waals surface area contributed by atoms with Crippen molar-refractivity contribution in [2.24, 2.45) is 0 Å². The fourth-order valence-electron chi connectivity index (χ4n) is 5.45. The van der Waals surface area contributed by atoms with Crippen molar-refractivity contribution in [1.82, 2.24) is 25.6 Å². The number of ether oxygens (including phenoxy) is 3. The van der Waals surface area contributed by atoms with Crippen LogP contribution in [0.1, 0.15) is 52.7 Å². The van der Waals surface area contributed by atoms with E-state index >= 15 is 0 Å². The van der Waals surface area contributed by atoms with Crippen LogP contribution in [0, 0.1) is 0 Å². The summed E-state index contributed by atoms with van der Waals surface area (Å²) in [6.07, 6.45) is -0.950. The maximum atomic E-state index is 13.6. The standard InChI is InChI=1S/C35H36F3N7O5/c36-35(37,38)21-50-34-44-32-40-19-22-9-12-26(13-10-22)48-15-5-1-2-6-16-49-29-18-25(41-33(43-32)45-34)11-14-27(29)30(46)42-28-17-23-7-3-4-8-24(23)20-39-31(28)47/h3-4,7-14,18,28H,1-2,5-6,15-17,19-21H2,(H,39,47)(H,42,46)(H2,40,41,43,44,45). The lowest BCUT2D eigenvalue weighted by molar-refractivity contribution is -0.154. The van der Waals surface area contributed by atoms with Crippen molar-refractivity contribution >= 4 is 29.4 Å². The molecule has 262 valence electrons. The normalized spacial score (nSPS) is 16.8. The Morgan fingerprint density at radius 3 is 2.38 bits per heavy atom. The third-order valence-corrected chi connectivity index (χ3v) is 8.02. The smallest absolute Gasteiger partial charge is 0.422 e. The molecule has 3 aliphatic rings. The van der Waals surface area contributed by atoms with Crippen molar-refractivity contribution in [2.45, 2.75) is 57.4 Å². The van der Waals surface area contributed by atoms with E-state index in [2.05, 4.69) is 36.2 Å². The number of hydrogen-bond acceptors (Lipinski definition) is 10. The topological polar surface area (TPSA) is 149 Å². The van der Waals surface area contributed by atoms with Crippen LogP contribution in [0.4, 0.5) is 30.8 Å². The Morgan fingerprint density at radius 2 is 1.60 bits per heavy atom. The molecule has 7 rings (SSSR count). The quantitative estimate of drug-likeness (QED) is 0.217. The van der Waals surface area contributed by atoms with E-state index in [1.165, 1.54) is 6.07 Å². The van der Waals surface area contributed by atoms with E-state index in [9.17, 15) is 22.8 Å². The maximum Gasteiger partial charge on any atom is 0.422 e. The number of anilines is 3. The number of halogens is 3. The van der Waals surface area contributed by atoms with Crippen LogP contribution in [0.5, 0.6) is 17.5 Å². The van der Waals surface area contributed by atoms with Crippen LogP contribution in [0.2, 0.25) is 0 Å². The summed E-state index contributed by atoms with van der Waals surface area (Å²) in [7, 11) is 0. The molecule has 4 aromatic rings. The van der Waals surface area contributed by atoms with Gasteiger partial charge in [-0.25, -0.2) is 0 Å². The number of rotatable bonds is 4. The Morgan fingerprint density at radius 1 is 0.860 bits per heavy atom. The molecule has 0 spiro atoms. The third kappa shape index (κ3) is 9.51. The van der Waals surface area contributed by atoms with Gasteiger partial charge in [-0.1, -0.05) is 36.4 Å². The molecular weight excluding hydrogens is 655 g/mol. The third-order valence-electron chi connectivity index (χ3n) is 8.02. The molecule has 2 amide bonds. The van der Waals surface area contributed by atoms with E-state index in [4.69, 9.17) is 14.2 Å². The van der Waals surface area contributed by atoms with Crippen molar-refractivity contribution in [3.8, 4) is 17.5 Å². The highest BCUT2D eigenvalue weighted by Gasteiger charge is 2.30. The van der Waals surface area contributed by atoms with Crippen LogP contribution >= 0.6 is 0 Å². The van der Waals surface area contributed by atoms with Gasteiger partial charge in [0.25, 0.3) is 5.91 Å². The molecule has 0 radical (unpaired) electrons.